The fraction of sp³-hybridized carbons (Fsp3) is 0.355. The van der Waals surface area contributed by atoms with Gasteiger partial charge in [-0.2, -0.15) is 0 Å². The van der Waals surface area contributed by atoms with Gasteiger partial charge >= 0.3 is 6.09 Å². The van der Waals surface area contributed by atoms with Crippen LogP contribution in [0.3, 0.4) is 0 Å². The number of anilines is 1. The minimum atomic E-state index is -2.76. The van der Waals surface area contributed by atoms with E-state index in [-0.39, 0.29) is 47.5 Å². The first-order chi connectivity index (χ1) is 21.2. The largest absolute Gasteiger partial charge is 0.510 e. The van der Waals surface area contributed by atoms with Gasteiger partial charge in [0.15, 0.2) is 11.4 Å². The zero-order valence-electron chi connectivity index (χ0n) is 25.0. The van der Waals surface area contributed by atoms with Gasteiger partial charge in [-0.1, -0.05) is 18.2 Å². The van der Waals surface area contributed by atoms with Gasteiger partial charge in [-0.05, 0) is 61.8 Å². The highest BCUT2D eigenvalue weighted by Crippen LogP contribution is 2.53. The van der Waals surface area contributed by atoms with Gasteiger partial charge in [0.25, 0.3) is 5.91 Å². The van der Waals surface area contributed by atoms with Crippen molar-refractivity contribution in [2.75, 3.05) is 33.1 Å². The number of aliphatic hydroxyl groups is 3. The highest BCUT2D eigenvalue weighted by Gasteiger charge is 2.63. The number of allylic oxidation sites excluding steroid dienone is 1. The molecule has 0 unspecified atom stereocenters. The molecule has 0 saturated carbocycles. The molecule has 2 aromatic carbocycles. The number of ether oxygens (including phenoxy) is 1. The van der Waals surface area contributed by atoms with Crippen LogP contribution in [0.15, 0.2) is 64.2 Å². The fourth-order valence-electron chi connectivity index (χ4n) is 6.79. The molecule has 2 amide bonds. The molecule has 0 radical (unpaired) electrons. The Hall–Kier alpha value is -5.08. The average Bonchev–Trinajstić information content (AvgIpc) is 2.97. The third-order valence-corrected chi connectivity index (χ3v) is 8.73. The maximum atomic E-state index is 14.2. The molecule has 236 valence electrons. The number of nitrogens with two attached hydrogens (primary N) is 1. The number of nitroso groups, excluding NO2 is 1. The second-order valence-corrected chi connectivity index (χ2v) is 11.8. The summed E-state index contributed by atoms with van der Waals surface area (Å²) in [4.78, 5) is 67.9. The standard InChI is InChI=1S/C31H33N5O9/c1-35(2)19-12-15(13-33-30(42)45-16-8-6-5-7-9-16)23(34-44)21-17(19)10-14-11-18-24(36(3)4)26(38)22(29(32)41)28(40)31(18,43)27(39)20(14)25(21)37/h5-9,12,14,18,24,38-39,43H,10-11,13H2,1-4H3,(H2,32,41)(H,33,42)/t14-,18-,24-,31-/m0/s1. The number of para-hydroxylation sites is 1. The second-order valence-electron chi connectivity index (χ2n) is 11.8. The molecule has 14 heteroatoms. The molecule has 0 heterocycles. The summed E-state index contributed by atoms with van der Waals surface area (Å²) in [6.45, 7) is -0.246. The van der Waals surface area contributed by atoms with Gasteiger partial charge in [-0.3, -0.25) is 19.3 Å². The molecular weight excluding hydrogens is 586 g/mol. The molecule has 4 atom stereocenters. The molecule has 0 bridgehead atoms. The Kier molecular flexibility index (Phi) is 7.97. The first-order valence-corrected chi connectivity index (χ1v) is 14.1. The number of fused-ring (bicyclic) bond motifs is 3. The summed E-state index contributed by atoms with van der Waals surface area (Å²) >= 11 is 0. The number of carbonyl (C=O) groups excluding carboxylic acids is 4. The number of benzene rings is 2. The smallest absolute Gasteiger partial charge is 0.412 e. The van der Waals surface area contributed by atoms with Crippen LogP contribution in [0.4, 0.5) is 16.2 Å². The normalized spacial score (nSPS) is 24.1. The number of amides is 2. The first-order valence-electron chi connectivity index (χ1n) is 14.1. The van der Waals surface area contributed by atoms with Crippen LogP contribution in [0, 0.1) is 16.7 Å². The van der Waals surface area contributed by atoms with Crippen LogP contribution >= 0.6 is 0 Å². The van der Waals surface area contributed by atoms with E-state index in [1.54, 1.807) is 69.5 Å². The van der Waals surface area contributed by atoms with Gasteiger partial charge < -0.3 is 36.0 Å². The molecular formula is C31H33N5O9. The number of primary amides is 1. The number of ketones is 2. The highest BCUT2D eigenvalue weighted by molar-refractivity contribution is 6.25. The molecule has 5 rings (SSSR count). The molecule has 0 fully saturated rings. The highest BCUT2D eigenvalue weighted by atomic mass is 16.6. The van der Waals surface area contributed by atoms with Gasteiger partial charge in [0.1, 0.15) is 28.5 Å². The second kappa shape index (κ2) is 11.4. The number of hydrogen-bond acceptors (Lipinski definition) is 12. The number of Topliss-reactive ketones (excluding diaryl/α,β-unsaturated/α-hetero) is 2. The van der Waals surface area contributed by atoms with Crippen LogP contribution < -0.4 is 20.7 Å². The van der Waals surface area contributed by atoms with Gasteiger partial charge in [-0.15, -0.1) is 4.91 Å². The molecule has 6 N–H and O–H groups in total. The molecule has 0 saturated heterocycles. The molecule has 0 aromatic heterocycles. The Morgan fingerprint density at radius 1 is 1.13 bits per heavy atom. The van der Waals surface area contributed by atoms with Crippen LogP contribution in [0.5, 0.6) is 5.75 Å². The van der Waals surface area contributed by atoms with Crippen LogP contribution in [0.2, 0.25) is 0 Å². The lowest BCUT2D eigenvalue weighted by molar-refractivity contribution is -0.148. The van der Waals surface area contributed by atoms with E-state index < -0.39 is 64.1 Å². The average molecular weight is 620 g/mol. The Labute approximate surface area is 257 Å². The zero-order chi connectivity index (χ0) is 33.0. The van der Waals surface area contributed by atoms with E-state index in [1.165, 1.54) is 4.90 Å². The summed E-state index contributed by atoms with van der Waals surface area (Å²) in [5.41, 5.74) is 2.19. The summed E-state index contributed by atoms with van der Waals surface area (Å²) in [6.07, 6.45) is -0.756. The number of carbonyl (C=O) groups is 4. The molecule has 3 aliphatic rings. The number of aliphatic hydroxyl groups excluding tert-OH is 2. The Morgan fingerprint density at radius 3 is 2.38 bits per heavy atom. The zero-order valence-corrected chi connectivity index (χ0v) is 25.0. The maximum absolute atomic E-state index is 14.2. The van der Waals surface area contributed by atoms with E-state index in [4.69, 9.17) is 10.5 Å². The molecule has 0 spiro atoms. The molecule has 3 aliphatic carbocycles. The van der Waals surface area contributed by atoms with Crippen molar-refractivity contribution in [3.05, 3.63) is 80.7 Å². The van der Waals surface area contributed by atoms with Crippen LogP contribution in [-0.2, 0) is 22.6 Å². The van der Waals surface area contributed by atoms with Gasteiger partial charge in [0.05, 0.1) is 11.6 Å². The molecule has 45 heavy (non-hydrogen) atoms. The lowest BCUT2D eigenvalue weighted by Gasteiger charge is -2.50. The molecule has 0 aliphatic heterocycles. The summed E-state index contributed by atoms with van der Waals surface area (Å²) < 4.78 is 5.24. The van der Waals surface area contributed by atoms with Crippen LogP contribution in [-0.4, -0.2) is 83.6 Å². The summed E-state index contributed by atoms with van der Waals surface area (Å²) in [5, 5.41) is 40.0. The minimum absolute atomic E-state index is 0.0445. The van der Waals surface area contributed by atoms with Gasteiger partial charge in [-0.25, -0.2) is 4.79 Å². The van der Waals surface area contributed by atoms with Crippen LogP contribution in [0.1, 0.15) is 27.9 Å². The van der Waals surface area contributed by atoms with Crippen molar-refractivity contribution in [3.8, 4) is 5.75 Å². The van der Waals surface area contributed by atoms with Crippen molar-refractivity contribution in [2.45, 2.75) is 31.0 Å². The number of hydrogen-bond donors (Lipinski definition) is 5. The quantitative estimate of drug-likeness (QED) is 0.224. The van der Waals surface area contributed by atoms with E-state index >= 15 is 0 Å². The Balaban J connectivity index is 1.61. The van der Waals surface area contributed by atoms with E-state index in [2.05, 4.69) is 10.5 Å². The van der Waals surface area contributed by atoms with E-state index in [0.717, 1.165) is 0 Å². The maximum Gasteiger partial charge on any atom is 0.412 e. The number of nitrogens with zero attached hydrogens (tertiary/aromatic N) is 3. The minimum Gasteiger partial charge on any atom is -0.510 e. The monoisotopic (exact) mass is 619 g/mol. The number of nitrogens with one attached hydrogen (secondary N) is 1. The summed E-state index contributed by atoms with van der Waals surface area (Å²) in [5.74, 6) is -6.68. The van der Waals surface area contributed by atoms with Gasteiger partial charge in [0.2, 0.25) is 5.78 Å². The Morgan fingerprint density at radius 2 is 1.80 bits per heavy atom. The number of rotatable bonds is 7. The van der Waals surface area contributed by atoms with Crippen molar-refractivity contribution >= 4 is 34.9 Å². The predicted molar refractivity (Wildman–Crippen MR) is 161 cm³/mol. The van der Waals surface area contributed by atoms with E-state index in [9.17, 15) is 39.4 Å². The van der Waals surface area contributed by atoms with Crippen molar-refractivity contribution in [1.82, 2.24) is 10.2 Å². The van der Waals surface area contributed by atoms with E-state index in [1.807, 2.05) is 0 Å². The molecule has 2 aromatic rings. The lowest BCUT2D eigenvalue weighted by atomic mass is 9.58. The topological polar surface area (TPSA) is 212 Å². The summed E-state index contributed by atoms with van der Waals surface area (Å²) in [7, 11) is 6.58. The van der Waals surface area contributed by atoms with Crippen molar-refractivity contribution in [3.63, 3.8) is 0 Å². The van der Waals surface area contributed by atoms with Crippen molar-refractivity contribution < 1.29 is 39.2 Å². The first kappa shape index (κ1) is 31.3. The molecule has 14 nitrogen and oxygen atoms in total. The SMILES string of the molecule is CN(C)c1cc(CNC(=O)Oc2ccccc2)c(N=O)c2c1C[C@H]1C[C@H]3[C@H](N(C)C)C(O)=C(C(N)=O)C(=O)[C@@]3(O)C(O)=C1C2=O. The number of likely N-dealkylation sites (N-methyl/N-ethyl adjacent to an activating group) is 1. The lowest BCUT2D eigenvalue weighted by Crippen LogP contribution is -2.63. The van der Waals surface area contributed by atoms with E-state index in [0.29, 0.717) is 11.3 Å². The van der Waals surface area contributed by atoms with Crippen molar-refractivity contribution in [1.29, 1.82) is 0 Å². The third kappa shape index (κ3) is 4.91. The van der Waals surface area contributed by atoms with Crippen molar-refractivity contribution in [2.24, 2.45) is 22.7 Å². The summed E-state index contributed by atoms with van der Waals surface area (Å²) in [6, 6.07) is 8.82. The third-order valence-electron chi connectivity index (χ3n) is 8.73. The predicted octanol–water partition coefficient (Wildman–Crippen LogP) is 2.17. The van der Waals surface area contributed by atoms with Gasteiger partial charge in [0, 0.05) is 43.4 Å². The Bertz CT molecular complexity index is 1700. The van der Waals surface area contributed by atoms with Crippen LogP contribution in [0.25, 0.3) is 0 Å². The fourth-order valence-corrected chi connectivity index (χ4v) is 6.79.